The number of ether oxygens (including phenoxy) is 2. The number of aliphatic hydroxyl groups is 4. The predicted octanol–water partition coefficient (Wildman–Crippen LogP) is -1.25. The largest absolute Gasteiger partial charge is 0.394 e. The van der Waals surface area contributed by atoms with Gasteiger partial charge in [-0.2, -0.15) is 0 Å². The lowest BCUT2D eigenvalue weighted by Gasteiger charge is -2.40. The van der Waals surface area contributed by atoms with Crippen molar-refractivity contribution >= 4 is 0 Å². The number of hydrogen-bond acceptors (Lipinski definition) is 6. The summed E-state index contributed by atoms with van der Waals surface area (Å²) in [4.78, 5) is 0. The molecule has 1 aliphatic heterocycles. The van der Waals surface area contributed by atoms with Crippen molar-refractivity contribution in [1.29, 1.82) is 0 Å². The van der Waals surface area contributed by atoms with Gasteiger partial charge in [-0.1, -0.05) is 12.8 Å². The summed E-state index contributed by atoms with van der Waals surface area (Å²) in [5.41, 5.74) is 0. The minimum absolute atomic E-state index is 0.0245. The van der Waals surface area contributed by atoms with Crippen LogP contribution in [0, 0.1) is 0 Å². The van der Waals surface area contributed by atoms with E-state index in [4.69, 9.17) is 14.6 Å². The average Bonchev–Trinajstić information content (AvgIpc) is 2.83. The maximum Gasteiger partial charge on any atom is 0.186 e. The van der Waals surface area contributed by atoms with Crippen LogP contribution in [0.1, 0.15) is 25.7 Å². The van der Waals surface area contributed by atoms with Crippen LogP contribution in [0.5, 0.6) is 0 Å². The molecule has 2 rings (SSSR count). The molecule has 4 N–H and O–H groups in total. The summed E-state index contributed by atoms with van der Waals surface area (Å²) in [6, 6.07) is 0. The SMILES string of the molecule is OC[C@H]1O[C@H](OC2CCCC2)[C@H](O)[C@@H](O)[C@H]1O. The highest BCUT2D eigenvalue weighted by Gasteiger charge is 2.44. The molecule has 0 aromatic heterocycles. The van der Waals surface area contributed by atoms with E-state index in [1.807, 2.05) is 0 Å². The molecule has 2 fully saturated rings. The van der Waals surface area contributed by atoms with Gasteiger partial charge in [0.05, 0.1) is 12.7 Å². The van der Waals surface area contributed by atoms with Gasteiger partial charge in [0.2, 0.25) is 0 Å². The van der Waals surface area contributed by atoms with Crippen LogP contribution in [0.2, 0.25) is 0 Å². The Labute approximate surface area is 99.8 Å². The van der Waals surface area contributed by atoms with Crippen molar-refractivity contribution in [3.05, 3.63) is 0 Å². The van der Waals surface area contributed by atoms with Crippen LogP contribution in [0.3, 0.4) is 0 Å². The Kier molecular flexibility index (Phi) is 4.35. The zero-order valence-corrected chi connectivity index (χ0v) is 9.60. The third-order valence-corrected chi connectivity index (χ3v) is 3.48. The number of rotatable bonds is 3. The number of aliphatic hydroxyl groups excluding tert-OH is 4. The summed E-state index contributed by atoms with van der Waals surface area (Å²) in [5.74, 6) is 0. The monoisotopic (exact) mass is 248 g/mol. The van der Waals surface area contributed by atoms with Crippen molar-refractivity contribution < 1.29 is 29.9 Å². The summed E-state index contributed by atoms with van der Waals surface area (Å²) < 4.78 is 10.8. The molecule has 2 aliphatic rings. The Balaban J connectivity index is 1.95. The molecule has 0 bridgehead atoms. The Morgan fingerprint density at radius 3 is 2.24 bits per heavy atom. The van der Waals surface area contributed by atoms with E-state index in [1.54, 1.807) is 0 Å². The fraction of sp³-hybridized carbons (Fsp3) is 1.00. The van der Waals surface area contributed by atoms with Gasteiger partial charge < -0.3 is 29.9 Å². The maximum absolute atomic E-state index is 9.74. The maximum atomic E-state index is 9.74. The molecule has 0 radical (unpaired) electrons. The highest BCUT2D eigenvalue weighted by atomic mass is 16.7. The molecule has 6 heteroatoms. The van der Waals surface area contributed by atoms with Gasteiger partial charge in [0, 0.05) is 0 Å². The van der Waals surface area contributed by atoms with Crippen molar-refractivity contribution in [1.82, 2.24) is 0 Å². The second-order valence-corrected chi connectivity index (χ2v) is 4.74. The highest BCUT2D eigenvalue weighted by Crippen LogP contribution is 2.27. The predicted molar refractivity (Wildman–Crippen MR) is 57.1 cm³/mol. The van der Waals surface area contributed by atoms with Crippen molar-refractivity contribution in [2.75, 3.05) is 6.61 Å². The van der Waals surface area contributed by atoms with E-state index in [9.17, 15) is 15.3 Å². The molecule has 0 aromatic carbocycles. The van der Waals surface area contributed by atoms with Crippen LogP contribution in [-0.2, 0) is 9.47 Å². The Morgan fingerprint density at radius 2 is 1.65 bits per heavy atom. The van der Waals surface area contributed by atoms with E-state index in [2.05, 4.69) is 0 Å². The van der Waals surface area contributed by atoms with E-state index in [-0.39, 0.29) is 6.10 Å². The Hall–Kier alpha value is -0.240. The van der Waals surface area contributed by atoms with Crippen LogP contribution in [-0.4, -0.2) is 63.8 Å². The Bertz CT molecular complexity index is 238. The first kappa shape index (κ1) is 13.2. The first-order valence-electron chi connectivity index (χ1n) is 6.09. The molecule has 1 aliphatic carbocycles. The molecule has 6 nitrogen and oxygen atoms in total. The van der Waals surface area contributed by atoms with Gasteiger partial charge in [0.1, 0.15) is 24.4 Å². The van der Waals surface area contributed by atoms with Crippen LogP contribution in [0.25, 0.3) is 0 Å². The third kappa shape index (κ3) is 2.78. The van der Waals surface area contributed by atoms with Gasteiger partial charge in [0.25, 0.3) is 0 Å². The molecule has 100 valence electrons. The molecule has 1 saturated carbocycles. The fourth-order valence-corrected chi connectivity index (χ4v) is 2.39. The Morgan fingerprint density at radius 1 is 1.00 bits per heavy atom. The van der Waals surface area contributed by atoms with Gasteiger partial charge in [-0.15, -0.1) is 0 Å². The summed E-state index contributed by atoms with van der Waals surface area (Å²) in [6.07, 6.45) is -1.81. The molecular weight excluding hydrogens is 228 g/mol. The van der Waals surface area contributed by atoms with E-state index in [1.165, 1.54) is 0 Å². The zero-order valence-electron chi connectivity index (χ0n) is 9.60. The normalized spacial score (nSPS) is 44.1. The minimum Gasteiger partial charge on any atom is -0.394 e. The second-order valence-electron chi connectivity index (χ2n) is 4.74. The number of hydrogen-bond donors (Lipinski definition) is 4. The van der Waals surface area contributed by atoms with E-state index >= 15 is 0 Å². The first-order chi connectivity index (χ1) is 8.13. The quantitative estimate of drug-likeness (QED) is 0.498. The van der Waals surface area contributed by atoms with Crippen LogP contribution >= 0.6 is 0 Å². The van der Waals surface area contributed by atoms with Crippen molar-refractivity contribution in [3.63, 3.8) is 0 Å². The summed E-state index contributed by atoms with van der Waals surface area (Å²) in [5, 5.41) is 37.9. The molecule has 1 heterocycles. The highest BCUT2D eigenvalue weighted by molar-refractivity contribution is 4.89. The molecule has 5 atom stereocenters. The van der Waals surface area contributed by atoms with Crippen LogP contribution < -0.4 is 0 Å². The van der Waals surface area contributed by atoms with Crippen molar-refractivity contribution in [2.24, 2.45) is 0 Å². The topological polar surface area (TPSA) is 99.4 Å². The zero-order chi connectivity index (χ0) is 12.4. The van der Waals surface area contributed by atoms with Gasteiger partial charge in [-0.25, -0.2) is 0 Å². The summed E-state index contributed by atoms with van der Waals surface area (Å²) >= 11 is 0. The summed E-state index contributed by atoms with van der Waals surface area (Å²) in [6.45, 7) is -0.421. The third-order valence-electron chi connectivity index (χ3n) is 3.48. The van der Waals surface area contributed by atoms with Crippen molar-refractivity contribution in [3.8, 4) is 0 Å². The lowest BCUT2D eigenvalue weighted by Crippen LogP contribution is -2.59. The van der Waals surface area contributed by atoms with E-state index in [0.29, 0.717) is 0 Å². The van der Waals surface area contributed by atoms with E-state index < -0.39 is 37.3 Å². The lowest BCUT2D eigenvalue weighted by atomic mass is 9.99. The second kappa shape index (κ2) is 5.60. The van der Waals surface area contributed by atoms with Crippen LogP contribution in [0.4, 0.5) is 0 Å². The van der Waals surface area contributed by atoms with Crippen LogP contribution in [0.15, 0.2) is 0 Å². The first-order valence-corrected chi connectivity index (χ1v) is 6.09. The summed E-state index contributed by atoms with van der Waals surface area (Å²) in [7, 11) is 0. The molecule has 0 aromatic rings. The molecule has 17 heavy (non-hydrogen) atoms. The molecule has 0 unspecified atom stereocenters. The average molecular weight is 248 g/mol. The minimum atomic E-state index is -1.35. The van der Waals surface area contributed by atoms with Crippen molar-refractivity contribution in [2.45, 2.75) is 62.5 Å². The lowest BCUT2D eigenvalue weighted by molar-refractivity contribution is -0.310. The molecule has 0 amide bonds. The smallest absolute Gasteiger partial charge is 0.186 e. The van der Waals surface area contributed by atoms with Gasteiger partial charge in [0.15, 0.2) is 6.29 Å². The molecular formula is C11H20O6. The van der Waals surface area contributed by atoms with Gasteiger partial charge in [-0.3, -0.25) is 0 Å². The van der Waals surface area contributed by atoms with E-state index in [0.717, 1.165) is 25.7 Å². The van der Waals surface area contributed by atoms with Gasteiger partial charge in [-0.05, 0) is 12.8 Å². The van der Waals surface area contributed by atoms with Gasteiger partial charge >= 0.3 is 0 Å². The molecule has 1 saturated heterocycles. The fourth-order valence-electron chi connectivity index (χ4n) is 2.39. The standard InChI is InChI=1S/C11H20O6/c12-5-7-8(13)9(14)10(15)11(17-7)16-6-3-1-2-4-6/h6-15H,1-5H2/t7-,8+,9+,10-,11+/m1/s1. The molecule has 0 spiro atoms.